The molecule has 0 saturated carbocycles. The zero-order valence-corrected chi connectivity index (χ0v) is 21.6. The summed E-state index contributed by atoms with van der Waals surface area (Å²) in [7, 11) is -0.185. The van der Waals surface area contributed by atoms with Gasteiger partial charge in [-0.3, -0.25) is 6.08 Å². The minimum atomic E-state index is -0.185. The fourth-order valence-electron chi connectivity index (χ4n) is 1.60. The number of nitrogens with zero attached hydrogens (tertiary/aromatic N) is 1. The van der Waals surface area contributed by atoms with Crippen molar-refractivity contribution in [3.8, 4) is 0 Å². The van der Waals surface area contributed by atoms with Crippen LogP contribution in [-0.2, 0) is 21.7 Å². The van der Waals surface area contributed by atoms with Crippen LogP contribution in [0.4, 0.5) is 0 Å². The summed E-state index contributed by atoms with van der Waals surface area (Å²) in [6, 6.07) is 0. The monoisotopic (exact) mass is 431 g/mol. The van der Waals surface area contributed by atoms with Crippen molar-refractivity contribution in [2.45, 2.75) is 59.0 Å². The molecule has 0 aromatic rings. The summed E-state index contributed by atoms with van der Waals surface area (Å²) in [5.74, 6) is 0. The number of unbranched alkanes of at least 4 members (excludes halogenated alkanes) is 2. The van der Waals surface area contributed by atoms with Crippen LogP contribution >= 0.6 is 24.8 Å². The van der Waals surface area contributed by atoms with E-state index in [4.69, 9.17) is 0 Å². The molecule has 0 aromatic carbocycles. The number of halogens is 2. The van der Waals surface area contributed by atoms with Crippen molar-refractivity contribution in [1.82, 2.24) is 4.57 Å². The van der Waals surface area contributed by atoms with E-state index in [-0.39, 0.29) is 85.2 Å². The van der Waals surface area contributed by atoms with E-state index in [0.717, 1.165) is 6.42 Å². The Morgan fingerprint density at radius 1 is 0.917 bits per heavy atom. The molecule has 0 heterocycles. The third-order valence-corrected chi connectivity index (χ3v) is 4.49. The fraction of sp³-hybridized carbons (Fsp3) is 0.579. The smallest absolute Gasteiger partial charge is 0.129 e. The first kappa shape index (κ1) is 49.8. The van der Waals surface area contributed by atoms with Crippen LogP contribution in [0.5, 0.6) is 0 Å². The molecule has 0 aliphatic heterocycles. The molecule has 1 radical (unpaired) electrons. The summed E-state index contributed by atoms with van der Waals surface area (Å²) in [6.07, 6.45) is 15.4. The normalized spacial score (nSPS) is 9.42. The van der Waals surface area contributed by atoms with Gasteiger partial charge in [-0.25, -0.2) is 12.2 Å². The number of rotatable bonds is 7. The molecule has 151 valence electrons. The molecule has 1 aliphatic rings. The van der Waals surface area contributed by atoms with E-state index in [1.54, 1.807) is 0 Å². The Morgan fingerprint density at radius 2 is 1.33 bits per heavy atom. The summed E-state index contributed by atoms with van der Waals surface area (Å²) in [4.78, 5) is 0. The molecule has 0 N–H and O–H groups in total. The summed E-state index contributed by atoms with van der Waals surface area (Å²) >= 11 is 0. The zero-order chi connectivity index (χ0) is 12.9. The van der Waals surface area contributed by atoms with E-state index in [9.17, 15) is 0 Å². The molecule has 24 heavy (non-hydrogen) atoms. The molecule has 0 unspecified atom stereocenters. The van der Waals surface area contributed by atoms with Gasteiger partial charge in [0.15, 0.2) is 0 Å². The summed E-state index contributed by atoms with van der Waals surface area (Å²) in [5.41, 5.74) is 0. The van der Waals surface area contributed by atoms with Crippen LogP contribution in [0.1, 0.15) is 46.0 Å². The average molecular weight is 432 g/mol. The van der Waals surface area contributed by atoms with Gasteiger partial charge in [-0.2, -0.15) is 6.08 Å². The van der Waals surface area contributed by atoms with Crippen molar-refractivity contribution in [1.29, 1.82) is 0 Å². The molecule has 5 heteroatoms. The molecule has 1 nitrogen and oxygen atoms in total. The minimum absolute atomic E-state index is 0. The maximum absolute atomic E-state index is 2.99. The second-order valence-electron chi connectivity index (χ2n) is 4.64. The van der Waals surface area contributed by atoms with Gasteiger partial charge < -0.3 is 34.3 Å². The number of hydrogen-bond donors (Lipinski definition) is 0. The van der Waals surface area contributed by atoms with E-state index >= 15 is 0 Å². The molecule has 0 bridgehead atoms. The van der Waals surface area contributed by atoms with E-state index in [1.165, 1.54) is 38.8 Å². The van der Waals surface area contributed by atoms with Crippen molar-refractivity contribution in [2.75, 3.05) is 13.1 Å². The van der Waals surface area contributed by atoms with E-state index in [1.807, 2.05) is 12.2 Å². The first-order valence-electron chi connectivity index (χ1n) is 6.99. The zero-order valence-electron chi connectivity index (χ0n) is 17.4. The number of allylic oxidation sites excluding steroid dienone is 4. The molecule has 1 rings (SSSR count). The summed E-state index contributed by atoms with van der Waals surface area (Å²) in [5, 5.41) is 0. The Labute approximate surface area is 185 Å². The largest absolute Gasteiger partial charge is 0.358 e. The van der Waals surface area contributed by atoms with Gasteiger partial charge in [-0.05, 0) is 25.9 Å². The van der Waals surface area contributed by atoms with Crippen molar-refractivity contribution in [2.24, 2.45) is 0 Å². The predicted molar refractivity (Wildman–Crippen MR) is 121 cm³/mol. The minimum Gasteiger partial charge on any atom is -0.358 e. The van der Waals surface area contributed by atoms with Crippen LogP contribution < -0.4 is 0 Å². The maximum Gasteiger partial charge on any atom is 0.129 e. The van der Waals surface area contributed by atoms with Gasteiger partial charge in [-0.15, -0.1) is 31.2 Å². The molecule has 0 spiro atoms. The maximum atomic E-state index is 2.99. The van der Waals surface area contributed by atoms with Gasteiger partial charge in [0.1, 0.15) is 8.96 Å². The summed E-state index contributed by atoms with van der Waals surface area (Å²) in [6.45, 7) is 12.0. The first-order chi connectivity index (χ1) is 8.22. The molecule has 0 fully saturated rings. The topological polar surface area (TPSA) is 3.24 Å². The van der Waals surface area contributed by atoms with Crippen LogP contribution in [0.25, 0.3) is 0 Å². The average Bonchev–Trinajstić information content (AvgIpc) is 2.87. The van der Waals surface area contributed by atoms with Crippen LogP contribution in [0, 0.1) is 35.8 Å². The van der Waals surface area contributed by atoms with Gasteiger partial charge in [0.25, 0.3) is 0 Å². The molecule has 0 amide bonds. The first-order valence-corrected chi connectivity index (χ1v) is 9.43. The van der Waals surface area contributed by atoms with Crippen molar-refractivity contribution in [3.63, 3.8) is 0 Å². The quantitative estimate of drug-likeness (QED) is 0.307. The third-order valence-electron chi connectivity index (χ3n) is 2.78. The van der Waals surface area contributed by atoms with Crippen LogP contribution in [-0.4, -0.2) is 26.6 Å². The van der Waals surface area contributed by atoms with E-state index in [2.05, 4.69) is 43.7 Å². The van der Waals surface area contributed by atoms with Crippen molar-refractivity contribution in [3.05, 3.63) is 54.0 Å². The SMILES string of the molecule is CCCCN(CCCC)[Si](C)C.Cl.Cl.[C-]1=CC=CC1.[CH3-].[CH3-].[CH3-].[CH3-].[Ti]. The molecule has 1 aliphatic carbocycles. The standard InChI is InChI=1S/C10H24NSi.C5H5.4CH3.2ClH.Ti/c1-5-7-9-11(12(3)4)10-8-6-2;1-2-4-5-3-1;;;;;;;/h5-10H2,1-4H3;1-3H,4H2;4*1H3;2*1H;/q;5*-1;;;. The van der Waals surface area contributed by atoms with Gasteiger partial charge in [0, 0.05) is 21.7 Å². The van der Waals surface area contributed by atoms with E-state index in [0.29, 0.717) is 0 Å². The van der Waals surface area contributed by atoms with Crippen molar-refractivity contribution >= 4 is 33.8 Å². The molecule has 0 saturated heterocycles. The van der Waals surface area contributed by atoms with Gasteiger partial charge in [0.2, 0.25) is 0 Å². The second kappa shape index (κ2) is 39.2. The van der Waals surface area contributed by atoms with E-state index < -0.39 is 0 Å². The van der Waals surface area contributed by atoms with Gasteiger partial charge >= 0.3 is 0 Å². The Hall–Kier alpha value is 0.951. The molecular weight excluding hydrogens is 389 g/mol. The van der Waals surface area contributed by atoms with Crippen LogP contribution in [0.2, 0.25) is 13.1 Å². The number of hydrogen-bond acceptors (Lipinski definition) is 1. The predicted octanol–water partition coefficient (Wildman–Crippen LogP) is 7.09. The van der Waals surface area contributed by atoms with Gasteiger partial charge in [0.05, 0.1) is 0 Å². The summed E-state index contributed by atoms with van der Waals surface area (Å²) < 4.78 is 2.69. The van der Waals surface area contributed by atoms with Crippen molar-refractivity contribution < 1.29 is 21.7 Å². The Morgan fingerprint density at radius 3 is 1.50 bits per heavy atom. The van der Waals surface area contributed by atoms with Gasteiger partial charge in [-0.1, -0.05) is 39.8 Å². The molecular formula is C19H43Cl2NSiTi-5. The Balaban J connectivity index is -0.0000000315. The Bertz CT molecular complexity index is 207. The molecule has 0 aromatic heterocycles. The molecule has 0 atom stereocenters. The van der Waals surface area contributed by atoms with Crippen LogP contribution in [0.15, 0.2) is 18.2 Å². The Kier molecular flexibility index (Phi) is 81.3. The fourth-order valence-corrected chi connectivity index (χ4v) is 2.81. The van der Waals surface area contributed by atoms with Crippen LogP contribution in [0.3, 0.4) is 0 Å². The third kappa shape index (κ3) is 34.3. The second-order valence-corrected chi connectivity index (χ2v) is 7.17.